The number of rotatable bonds is 36. The molecule has 0 spiro atoms. The van der Waals surface area contributed by atoms with Crippen molar-refractivity contribution in [2.75, 3.05) is 26.3 Å². The van der Waals surface area contributed by atoms with Crippen LogP contribution in [0.4, 0.5) is 4.79 Å². The molecular formula is C47H89NO3Si. The molecule has 0 aromatic carbocycles. The summed E-state index contributed by atoms with van der Waals surface area (Å²) < 4.78 is 12.1. The van der Waals surface area contributed by atoms with Crippen molar-refractivity contribution < 1.29 is 14.0 Å². The number of nitrogens with zero attached hydrogens (tertiary/aromatic N) is 1. The summed E-state index contributed by atoms with van der Waals surface area (Å²) in [5.41, 5.74) is 0. The van der Waals surface area contributed by atoms with Gasteiger partial charge in [-0.2, -0.15) is 0 Å². The molecular weight excluding hydrogens is 655 g/mol. The second-order valence-electron chi connectivity index (χ2n) is 16.6. The van der Waals surface area contributed by atoms with Gasteiger partial charge in [0.1, 0.15) is 0 Å². The van der Waals surface area contributed by atoms with Crippen LogP contribution >= 0.6 is 0 Å². The third kappa shape index (κ3) is 33.0. The lowest BCUT2D eigenvalue weighted by atomic mass is 10.1. The lowest BCUT2D eigenvalue weighted by Crippen LogP contribution is -2.41. The highest BCUT2D eigenvalue weighted by Crippen LogP contribution is 2.36. The Morgan fingerprint density at radius 1 is 0.500 bits per heavy atom. The molecule has 0 rings (SSSR count). The SMILES string of the molecule is CCCCC/C=C\C/C=C\CCCCCCCCN(CCCCCCCC/C=C\C/C=C\CCCCC)C(=O)OCCCCO[Si](C)(C)C(C)(C)C. The highest BCUT2D eigenvalue weighted by molar-refractivity contribution is 6.74. The van der Waals surface area contributed by atoms with Crippen molar-refractivity contribution in [3.05, 3.63) is 48.6 Å². The van der Waals surface area contributed by atoms with E-state index in [4.69, 9.17) is 9.16 Å². The maximum atomic E-state index is 13.1. The molecule has 0 unspecified atom stereocenters. The molecule has 0 N–H and O–H groups in total. The van der Waals surface area contributed by atoms with Crippen molar-refractivity contribution in [1.29, 1.82) is 0 Å². The Kier molecular flexibility index (Phi) is 35.3. The van der Waals surface area contributed by atoms with Crippen LogP contribution in [0.1, 0.15) is 202 Å². The third-order valence-electron chi connectivity index (χ3n) is 10.5. The predicted octanol–water partition coefficient (Wildman–Crippen LogP) is 15.9. The van der Waals surface area contributed by atoms with Crippen molar-refractivity contribution in [1.82, 2.24) is 4.90 Å². The summed E-state index contributed by atoms with van der Waals surface area (Å²) >= 11 is 0. The Bertz CT molecular complexity index is 853. The molecule has 52 heavy (non-hydrogen) atoms. The summed E-state index contributed by atoms with van der Waals surface area (Å²) in [6.07, 6.45) is 50.1. The third-order valence-corrected chi connectivity index (χ3v) is 15.1. The standard InChI is InChI=1S/C47H89NO3Si/c1-8-10-12-14-16-18-20-22-24-26-28-30-32-34-36-38-42-48(46(49)50-44-40-41-45-51-52(6,7)47(3,4)5)43-39-37-35-33-31-29-27-25-23-21-19-17-15-13-11-9-2/h16-19,22-25H,8-15,20-21,26-45H2,1-7H3/b18-16-,19-17-,24-22-,25-23-. The van der Waals surface area contributed by atoms with Gasteiger partial charge in [-0.25, -0.2) is 4.79 Å². The molecule has 0 aromatic heterocycles. The van der Waals surface area contributed by atoms with Crippen LogP contribution in [0.15, 0.2) is 48.6 Å². The summed E-state index contributed by atoms with van der Waals surface area (Å²) in [5, 5.41) is 0.226. The second-order valence-corrected chi connectivity index (χ2v) is 21.4. The molecule has 0 aliphatic carbocycles. The smallest absolute Gasteiger partial charge is 0.409 e. The van der Waals surface area contributed by atoms with E-state index in [1.54, 1.807) is 0 Å². The van der Waals surface area contributed by atoms with Crippen LogP contribution in [0.25, 0.3) is 0 Å². The number of amides is 1. The number of unbranched alkanes of at least 4 members (excludes halogenated alkanes) is 19. The van der Waals surface area contributed by atoms with Gasteiger partial charge in [-0.3, -0.25) is 0 Å². The first kappa shape index (κ1) is 50.4. The normalized spacial score (nSPS) is 12.8. The van der Waals surface area contributed by atoms with E-state index in [0.29, 0.717) is 6.61 Å². The molecule has 4 nitrogen and oxygen atoms in total. The van der Waals surface area contributed by atoms with Gasteiger partial charge in [0.2, 0.25) is 0 Å². The Morgan fingerprint density at radius 3 is 1.27 bits per heavy atom. The zero-order valence-electron chi connectivity index (χ0n) is 36.0. The van der Waals surface area contributed by atoms with Crippen molar-refractivity contribution in [2.45, 2.75) is 220 Å². The number of hydrogen-bond donors (Lipinski definition) is 0. The Labute approximate surface area is 326 Å². The van der Waals surface area contributed by atoms with E-state index in [9.17, 15) is 4.79 Å². The van der Waals surface area contributed by atoms with Gasteiger partial charge in [0.15, 0.2) is 8.32 Å². The second kappa shape index (κ2) is 36.4. The van der Waals surface area contributed by atoms with Crippen LogP contribution in [0.3, 0.4) is 0 Å². The summed E-state index contributed by atoms with van der Waals surface area (Å²) in [6, 6.07) is 0. The van der Waals surface area contributed by atoms with E-state index in [1.807, 2.05) is 4.90 Å². The minimum absolute atomic E-state index is 0.115. The van der Waals surface area contributed by atoms with Gasteiger partial charge in [0, 0.05) is 19.7 Å². The van der Waals surface area contributed by atoms with Crippen LogP contribution in [-0.2, 0) is 9.16 Å². The topological polar surface area (TPSA) is 38.8 Å². The van der Waals surface area contributed by atoms with Crippen LogP contribution in [0.5, 0.6) is 0 Å². The zero-order valence-corrected chi connectivity index (χ0v) is 37.0. The Hall–Kier alpha value is -1.59. The van der Waals surface area contributed by atoms with Gasteiger partial charge in [-0.05, 0) is 108 Å². The first-order chi connectivity index (χ1) is 25.2. The fourth-order valence-electron chi connectivity index (χ4n) is 5.87. The average Bonchev–Trinajstić information content (AvgIpc) is 3.11. The lowest BCUT2D eigenvalue weighted by molar-refractivity contribution is 0.0976. The number of carbonyl (C=O) groups is 1. The highest BCUT2D eigenvalue weighted by atomic mass is 28.4. The minimum atomic E-state index is -1.72. The molecule has 304 valence electrons. The van der Waals surface area contributed by atoms with Gasteiger partial charge in [-0.1, -0.05) is 160 Å². The van der Waals surface area contributed by atoms with E-state index in [0.717, 1.165) is 58.2 Å². The van der Waals surface area contributed by atoms with Crippen LogP contribution in [0.2, 0.25) is 18.1 Å². The fourth-order valence-corrected chi connectivity index (χ4v) is 6.96. The van der Waals surface area contributed by atoms with E-state index in [1.165, 1.54) is 128 Å². The minimum Gasteiger partial charge on any atom is -0.449 e. The average molecular weight is 744 g/mol. The monoisotopic (exact) mass is 744 g/mol. The molecule has 0 saturated heterocycles. The largest absolute Gasteiger partial charge is 0.449 e. The molecule has 0 bridgehead atoms. The van der Waals surface area contributed by atoms with E-state index in [2.05, 4.69) is 96.3 Å². The lowest BCUT2D eigenvalue weighted by Gasteiger charge is -2.36. The first-order valence-corrected chi connectivity index (χ1v) is 25.2. The zero-order chi connectivity index (χ0) is 38.4. The summed E-state index contributed by atoms with van der Waals surface area (Å²) in [6.45, 7) is 18.8. The van der Waals surface area contributed by atoms with Crippen LogP contribution in [-0.4, -0.2) is 45.6 Å². The fraction of sp³-hybridized carbons (Fsp3) is 0.809. The van der Waals surface area contributed by atoms with E-state index < -0.39 is 8.32 Å². The molecule has 0 aromatic rings. The van der Waals surface area contributed by atoms with Gasteiger partial charge in [0.05, 0.1) is 6.61 Å². The van der Waals surface area contributed by atoms with E-state index >= 15 is 0 Å². The molecule has 0 saturated carbocycles. The predicted molar refractivity (Wildman–Crippen MR) is 234 cm³/mol. The molecule has 0 atom stereocenters. The molecule has 1 amide bonds. The van der Waals surface area contributed by atoms with Crippen molar-refractivity contribution in [3.63, 3.8) is 0 Å². The molecule has 0 aliphatic heterocycles. The Morgan fingerprint density at radius 2 is 0.865 bits per heavy atom. The number of hydrogen-bond acceptors (Lipinski definition) is 3. The molecule has 0 fully saturated rings. The van der Waals surface area contributed by atoms with Crippen molar-refractivity contribution in [2.24, 2.45) is 0 Å². The van der Waals surface area contributed by atoms with Crippen molar-refractivity contribution >= 4 is 14.4 Å². The highest BCUT2D eigenvalue weighted by Gasteiger charge is 2.36. The molecule has 0 aliphatic rings. The molecule has 5 heteroatoms. The summed E-state index contributed by atoms with van der Waals surface area (Å²) in [7, 11) is -1.72. The van der Waals surface area contributed by atoms with Gasteiger partial charge in [-0.15, -0.1) is 0 Å². The molecule has 0 radical (unpaired) electrons. The first-order valence-electron chi connectivity index (χ1n) is 22.3. The quantitative estimate of drug-likeness (QED) is 0.0364. The number of carbonyl (C=O) groups excluding carboxylic acids is 1. The van der Waals surface area contributed by atoms with Gasteiger partial charge in [0.25, 0.3) is 0 Å². The molecule has 0 heterocycles. The van der Waals surface area contributed by atoms with Crippen LogP contribution in [0, 0.1) is 0 Å². The van der Waals surface area contributed by atoms with E-state index in [-0.39, 0.29) is 11.1 Å². The summed E-state index contributed by atoms with van der Waals surface area (Å²) in [5.74, 6) is 0. The number of ether oxygens (including phenoxy) is 1. The van der Waals surface area contributed by atoms with Crippen molar-refractivity contribution in [3.8, 4) is 0 Å². The van der Waals surface area contributed by atoms with Gasteiger partial charge < -0.3 is 14.1 Å². The maximum absolute atomic E-state index is 13.1. The summed E-state index contributed by atoms with van der Waals surface area (Å²) in [4.78, 5) is 15.1. The maximum Gasteiger partial charge on any atom is 0.409 e. The Balaban J connectivity index is 4.31. The number of allylic oxidation sites excluding steroid dienone is 8. The van der Waals surface area contributed by atoms with Crippen LogP contribution < -0.4 is 0 Å². The van der Waals surface area contributed by atoms with Gasteiger partial charge >= 0.3 is 6.09 Å².